The van der Waals surface area contributed by atoms with E-state index in [9.17, 15) is 18.0 Å². The molecule has 0 unspecified atom stereocenters. The molecule has 2 aromatic rings. The molecule has 1 aliphatic rings. The molecule has 1 atom stereocenters. The number of sulfonamides is 1. The van der Waals surface area contributed by atoms with Crippen LogP contribution >= 0.6 is 0 Å². The van der Waals surface area contributed by atoms with Crippen molar-refractivity contribution in [3.05, 3.63) is 29.7 Å². The lowest BCUT2D eigenvalue weighted by Crippen LogP contribution is -2.49. The summed E-state index contributed by atoms with van der Waals surface area (Å²) in [4.78, 5) is 26.5. The standard InChI is InChI=1S/C20H26N4O7S/c1-5-24(11-18(25)21-15-6-7-16-17(10-15)30-9-8-29-16)20(26)13(3)23-32(27,28)19-12(2)22-31-14(19)4/h6-7,10,13,23H,5,8-9,11H2,1-4H3,(H,21,25)/t13-/m0/s1. The molecule has 2 amide bonds. The highest BCUT2D eigenvalue weighted by Crippen LogP contribution is 2.32. The van der Waals surface area contributed by atoms with E-state index in [0.29, 0.717) is 30.4 Å². The number of fused-ring (bicyclic) bond motifs is 1. The first kappa shape index (κ1) is 23.5. The summed E-state index contributed by atoms with van der Waals surface area (Å²) in [6.45, 7) is 6.94. The lowest BCUT2D eigenvalue weighted by atomic mass is 10.2. The zero-order valence-corrected chi connectivity index (χ0v) is 19.1. The zero-order valence-electron chi connectivity index (χ0n) is 18.3. The smallest absolute Gasteiger partial charge is 0.246 e. The minimum absolute atomic E-state index is 0.100. The van der Waals surface area contributed by atoms with E-state index < -0.39 is 27.9 Å². The van der Waals surface area contributed by atoms with Crippen LogP contribution in [0.5, 0.6) is 11.5 Å². The van der Waals surface area contributed by atoms with Crippen LogP contribution in [0, 0.1) is 13.8 Å². The van der Waals surface area contributed by atoms with E-state index in [1.54, 1.807) is 25.1 Å². The average molecular weight is 467 g/mol. The molecule has 174 valence electrons. The number of amides is 2. The fourth-order valence-corrected chi connectivity index (χ4v) is 4.84. The topological polar surface area (TPSA) is 140 Å². The second-order valence-corrected chi connectivity index (χ2v) is 8.91. The van der Waals surface area contributed by atoms with Gasteiger partial charge >= 0.3 is 0 Å². The summed E-state index contributed by atoms with van der Waals surface area (Å²) < 4.78 is 43.5. The molecule has 0 saturated carbocycles. The maximum atomic E-state index is 12.8. The number of carbonyl (C=O) groups excluding carboxylic acids is 2. The van der Waals surface area contributed by atoms with Crippen LogP contribution in [0.1, 0.15) is 25.3 Å². The van der Waals surface area contributed by atoms with Crippen LogP contribution in [0.4, 0.5) is 5.69 Å². The van der Waals surface area contributed by atoms with Crippen LogP contribution in [0.15, 0.2) is 27.6 Å². The number of hydrogen-bond acceptors (Lipinski definition) is 8. The van der Waals surface area contributed by atoms with Crippen molar-refractivity contribution in [1.29, 1.82) is 0 Å². The number of likely N-dealkylation sites (N-methyl/N-ethyl adjacent to an activating group) is 1. The van der Waals surface area contributed by atoms with Crippen LogP contribution in [-0.4, -0.2) is 62.6 Å². The van der Waals surface area contributed by atoms with Crippen LogP contribution < -0.4 is 19.5 Å². The van der Waals surface area contributed by atoms with Gasteiger partial charge in [0.25, 0.3) is 0 Å². The molecular weight excluding hydrogens is 440 g/mol. The van der Waals surface area contributed by atoms with E-state index in [1.807, 2.05) is 0 Å². The van der Waals surface area contributed by atoms with Gasteiger partial charge in [0.05, 0.1) is 12.6 Å². The van der Waals surface area contributed by atoms with Crippen molar-refractivity contribution >= 4 is 27.5 Å². The van der Waals surface area contributed by atoms with E-state index >= 15 is 0 Å². The Hall–Kier alpha value is -3.12. The van der Waals surface area contributed by atoms with E-state index in [0.717, 1.165) is 0 Å². The van der Waals surface area contributed by atoms with Gasteiger partial charge in [-0.25, -0.2) is 8.42 Å². The Morgan fingerprint density at radius 2 is 1.88 bits per heavy atom. The van der Waals surface area contributed by atoms with Gasteiger partial charge in [-0.05, 0) is 39.8 Å². The number of nitrogens with one attached hydrogen (secondary N) is 2. The Labute approximate surface area is 186 Å². The van der Waals surface area contributed by atoms with Crippen molar-refractivity contribution < 1.29 is 32.0 Å². The van der Waals surface area contributed by atoms with Gasteiger partial charge in [0.15, 0.2) is 17.3 Å². The molecule has 0 saturated heterocycles. The van der Waals surface area contributed by atoms with Crippen molar-refractivity contribution in [3.63, 3.8) is 0 Å². The van der Waals surface area contributed by atoms with Crippen LogP contribution in [-0.2, 0) is 19.6 Å². The summed E-state index contributed by atoms with van der Waals surface area (Å²) in [5.74, 6) is 0.275. The number of ether oxygens (including phenoxy) is 2. The lowest BCUT2D eigenvalue weighted by Gasteiger charge is -2.24. The minimum Gasteiger partial charge on any atom is -0.486 e. The summed E-state index contributed by atoms with van der Waals surface area (Å²) in [6, 6.07) is 3.91. The van der Waals surface area contributed by atoms with Crippen molar-refractivity contribution in [3.8, 4) is 11.5 Å². The second-order valence-electron chi connectivity index (χ2n) is 7.26. The molecule has 3 rings (SSSR count). The highest BCUT2D eigenvalue weighted by molar-refractivity contribution is 7.89. The van der Waals surface area contributed by atoms with Gasteiger partial charge in [0.1, 0.15) is 23.8 Å². The number of aryl methyl sites for hydroxylation is 2. The lowest BCUT2D eigenvalue weighted by molar-refractivity contribution is -0.135. The van der Waals surface area contributed by atoms with Gasteiger partial charge in [-0.1, -0.05) is 5.16 Å². The van der Waals surface area contributed by atoms with E-state index in [-0.39, 0.29) is 29.4 Å². The molecule has 0 spiro atoms. The molecule has 1 aromatic carbocycles. The average Bonchev–Trinajstić information content (AvgIpc) is 3.10. The van der Waals surface area contributed by atoms with Crippen LogP contribution in [0.25, 0.3) is 0 Å². The van der Waals surface area contributed by atoms with E-state index in [1.165, 1.54) is 25.7 Å². The number of carbonyl (C=O) groups is 2. The third-order valence-corrected chi connectivity index (χ3v) is 6.58. The summed E-state index contributed by atoms with van der Waals surface area (Å²) in [5.41, 5.74) is 0.690. The predicted molar refractivity (Wildman–Crippen MR) is 114 cm³/mol. The van der Waals surface area contributed by atoms with Crippen molar-refractivity contribution in [2.45, 2.75) is 38.6 Å². The summed E-state index contributed by atoms with van der Waals surface area (Å²) in [6.07, 6.45) is 0. The van der Waals surface area contributed by atoms with Crippen LogP contribution in [0.3, 0.4) is 0 Å². The number of anilines is 1. The molecule has 12 heteroatoms. The number of nitrogens with zero attached hydrogens (tertiary/aromatic N) is 2. The highest BCUT2D eigenvalue weighted by Gasteiger charge is 2.30. The number of benzene rings is 1. The zero-order chi connectivity index (χ0) is 23.5. The van der Waals surface area contributed by atoms with Crippen molar-refractivity contribution in [1.82, 2.24) is 14.8 Å². The van der Waals surface area contributed by atoms with Gasteiger partial charge in [-0.2, -0.15) is 4.72 Å². The fraction of sp³-hybridized carbons (Fsp3) is 0.450. The molecule has 0 fully saturated rings. The SMILES string of the molecule is CCN(CC(=O)Nc1ccc2c(c1)OCCO2)C(=O)[C@H](C)NS(=O)(=O)c1c(C)noc1C. The largest absolute Gasteiger partial charge is 0.486 e. The Balaban J connectivity index is 1.63. The van der Waals surface area contributed by atoms with Crippen LogP contribution in [0.2, 0.25) is 0 Å². The quantitative estimate of drug-likeness (QED) is 0.592. The summed E-state index contributed by atoms with van der Waals surface area (Å²) in [5, 5.41) is 6.34. The Kier molecular flexibility index (Phi) is 7.04. The molecule has 2 N–H and O–H groups in total. The van der Waals surface area contributed by atoms with E-state index in [2.05, 4.69) is 15.2 Å². The first-order chi connectivity index (χ1) is 15.1. The van der Waals surface area contributed by atoms with Crippen molar-refractivity contribution in [2.75, 3.05) is 31.6 Å². The maximum Gasteiger partial charge on any atom is 0.246 e. The Morgan fingerprint density at radius 3 is 2.50 bits per heavy atom. The van der Waals surface area contributed by atoms with Gasteiger partial charge in [-0.3, -0.25) is 9.59 Å². The number of hydrogen-bond donors (Lipinski definition) is 2. The molecular formula is C20H26N4O7S. The van der Waals surface area contributed by atoms with Gasteiger partial charge in [0.2, 0.25) is 21.8 Å². The third kappa shape index (κ3) is 5.19. The normalized spacial score (nSPS) is 14.0. The Morgan fingerprint density at radius 1 is 1.19 bits per heavy atom. The second kappa shape index (κ2) is 9.57. The molecule has 0 aliphatic carbocycles. The summed E-state index contributed by atoms with van der Waals surface area (Å²) in [7, 11) is -4.03. The minimum atomic E-state index is -4.03. The summed E-state index contributed by atoms with van der Waals surface area (Å²) >= 11 is 0. The fourth-order valence-electron chi connectivity index (χ4n) is 3.31. The van der Waals surface area contributed by atoms with Gasteiger partial charge < -0.3 is 24.2 Å². The molecule has 32 heavy (non-hydrogen) atoms. The molecule has 1 aromatic heterocycles. The Bertz CT molecular complexity index is 1090. The number of rotatable bonds is 8. The molecule has 1 aliphatic heterocycles. The number of aromatic nitrogens is 1. The van der Waals surface area contributed by atoms with Gasteiger partial charge in [0, 0.05) is 18.3 Å². The molecule has 0 radical (unpaired) electrons. The third-order valence-electron chi connectivity index (χ3n) is 4.79. The maximum absolute atomic E-state index is 12.8. The van der Waals surface area contributed by atoms with Gasteiger partial charge in [-0.15, -0.1) is 0 Å². The highest BCUT2D eigenvalue weighted by atomic mass is 32.2. The van der Waals surface area contributed by atoms with E-state index in [4.69, 9.17) is 14.0 Å². The molecule has 0 bridgehead atoms. The van der Waals surface area contributed by atoms with Crippen molar-refractivity contribution in [2.24, 2.45) is 0 Å². The predicted octanol–water partition coefficient (Wildman–Crippen LogP) is 1.22. The first-order valence-electron chi connectivity index (χ1n) is 10.1. The molecule has 2 heterocycles. The monoisotopic (exact) mass is 466 g/mol. The first-order valence-corrected chi connectivity index (χ1v) is 11.5. The molecule has 11 nitrogen and oxygen atoms in total.